The molecule has 0 aliphatic heterocycles. The highest BCUT2D eigenvalue weighted by Crippen LogP contribution is 2.39. The zero-order chi connectivity index (χ0) is 24.6. The van der Waals surface area contributed by atoms with Crippen molar-refractivity contribution < 1.29 is 9.12 Å². The molecule has 0 bridgehead atoms. The average Bonchev–Trinajstić information content (AvgIpc) is 3.33. The van der Waals surface area contributed by atoms with E-state index in [0.717, 1.165) is 35.1 Å². The molecule has 0 spiro atoms. The summed E-state index contributed by atoms with van der Waals surface area (Å²) in [5.74, 6) is -0.132. The fourth-order valence-corrected chi connectivity index (χ4v) is 4.47. The molecule has 10 nitrogen and oxygen atoms in total. The molecule has 4 aromatic heterocycles. The molecule has 12 heteroatoms. The van der Waals surface area contributed by atoms with Crippen LogP contribution in [0.2, 0.25) is 5.02 Å². The van der Waals surface area contributed by atoms with Crippen molar-refractivity contribution in [2.45, 2.75) is 25.3 Å². The molecule has 180 valence electrons. The zero-order valence-corrected chi connectivity index (χ0v) is 19.6. The Balaban J connectivity index is 1.40. The van der Waals surface area contributed by atoms with Crippen molar-refractivity contribution in [3.8, 4) is 27.9 Å². The molecule has 36 heavy (non-hydrogen) atoms. The van der Waals surface area contributed by atoms with Crippen molar-refractivity contribution in [1.82, 2.24) is 40.0 Å². The molecule has 5 aromatic rings. The van der Waals surface area contributed by atoms with Crippen LogP contribution in [-0.2, 0) is 0 Å². The summed E-state index contributed by atoms with van der Waals surface area (Å²) < 4.78 is 19.1. The molecule has 1 atom stereocenters. The SMILES string of the molecule is [O-][n+]1cc(-c2c(-n3cnnn3)ccc(Cl)c2F)ccc1C(CC1CC1)n1cc(-c2cncnc2)cn1. The van der Waals surface area contributed by atoms with Gasteiger partial charge in [0.05, 0.1) is 28.0 Å². The van der Waals surface area contributed by atoms with Crippen LogP contribution in [0.15, 0.2) is 67.9 Å². The molecule has 4 heterocycles. The highest BCUT2D eigenvalue weighted by atomic mass is 35.5. The molecule has 1 unspecified atom stereocenters. The Kier molecular flexibility index (Phi) is 5.61. The van der Waals surface area contributed by atoms with Gasteiger partial charge in [0.2, 0.25) is 5.69 Å². The van der Waals surface area contributed by atoms with E-state index in [0.29, 0.717) is 22.9 Å². The Hall–Kier alpha value is -4.25. The maximum absolute atomic E-state index is 15.2. The number of rotatable bonds is 7. The van der Waals surface area contributed by atoms with Gasteiger partial charge in [-0.05, 0) is 41.0 Å². The summed E-state index contributed by atoms with van der Waals surface area (Å²) >= 11 is 6.07. The molecule has 0 N–H and O–H groups in total. The Morgan fingerprint density at radius 1 is 1.08 bits per heavy atom. The van der Waals surface area contributed by atoms with E-state index < -0.39 is 5.82 Å². The average molecular weight is 504 g/mol. The van der Waals surface area contributed by atoms with Crippen LogP contribution >= 0.6 is 11.6 Å². The molecule has 0 amide bonds. The van der Waals surface area contributed by atoms with Crippen LogP contribution in [0.25, 0.3) is 27.9 Å². The van der Waals surface area contributed by atoms with Gasteiger partial charge >= 0.3 is 0 Å². The maximum atomic E-state index is 15.2. The Bertz CT molecular complexity index is 1520. The minimum Gasteiger partial charge on any atom is -0.618 e. The summed E-state index contributed by atoms with van der Waals surface area (Å²) in [5.41, 5.74) is 3.06. The smallest absolute Gasteiger partial charge is 0.217 e. The van der Waals surface area contributed by atoms with Gasteiger partial charge in [-0.25, -0.2) is 14.4 Å². The zero-order valence-electron chi connectivity index (χ0n) is 18.8. The number of hydrogen-bond acceptors (Lipinski definition) is 7. The van der Waals surface area contributed by atoms with E-state index in [9.17, 15) is 5.21 Å². The molecule has 1 saturated carbocycles. The van der Waals surface area contributed by atoms with Gasteiger partial charge < -0.3 is 5.21 Å². The fourth-order valence-electron chi connectivity index (χ4n) is 4.32. The molecular weight excluding hydrogens is 485 g/mol. The first-order valence-electron chi connectivity index (χ1n) is 11.3. The standard InChI is InChI=1S/C24H19ClFN9O/c25-19-4-6-21(34-14-29-31-32-34)23(24(19)26)16-3-5-20(35(36)12-16)22(7-15-1-2-15)33-11-18(10-30-33)17-8-27-13-28-9-17/h3-6,8-15,22H,1-2,7H2. The van der Waals surface area contributed by atoms with Crippen molar-refractivity contribution in [1.29, 1.82) is 0 Å². The second-order valence-electron chi connectivity index (χ2n) is 8.71. The number of nitrogens with zero attached hydrogens (tertiary/aromatic N) is 9. The Labute approximate surface area is 209 Å². The lowest BCUT2D eigenvalue weighted by molar-refractivity contribution is -0.615. The first kappa shape index (κ1) is 22.2. The normalized spacial score (nSPS) is 14.2. The van der Waals surface area contributed by atoms with Gasteiger partial charge in [-0.1, -0.05) is 24.4 Å². The van der Waals surface area contributed by atoms with Crippen molar-refractivity contribution in [3.63, 3.8) is 0 Å². The minimum absolute atomic E-state index is 0.0658. The molecule has 1 fully saturated rings. The lowest BCUT2D eigenvalue weighted by atomic mass is 10.0. The number of tetrazole rings is 1. The third-order valence-corrected chi connectivity index (χ3v) is 6.60. The number of pyridine rings is 1. The Morgan fingerprint density at radius 2 is 1.92 bits per heavy atom. The van der Waals surface area contributed by atoms with Gasteiger partial charge in [-0.3, -0.25) is 4.68 Å². The lowest BCUT2D eigenvalue weighted by Crippen LogP contribution is -2.35. The molecule has 0 saturated heterocycles. The predicted molar refractivity (Wildman–Crippen MR) is 127 cm³/mol. The van der Waals surface area contributed by atoms with Crippen LogP contribution in [0.4, 0.5) is 4.39 Å². The number of aromatic nitrogens is 9. The lowest BCUT2D eigenvalue weighted by Gasteiger charge is -2.18. The fraction of sp³-hybridized carbons (Fsp3) is 0.208. The van der Waals surface area contributed by atoms with E-state index in [2.05, 4.69) is 30.6 Å². The first-order chi connectivity index (χ1) is 17.6. The van der Waals surface area contributed by atoms with E-state index in [1.807, 2.05) is 6.20 Å². The summed E-state index contributed by atoms with van der Waals surface area (Å²) in [6.07, 6.45) is 14.3. The summed E-state index contributed by atoms with van der Waals surface area (Å²) in [6.45, 7) is 0. The predicted octanol–water partition coefficient (Wildman–Crippen LogP) is 3.80. The quantitative estimate of drug-likeness (QED) is 0.245. The number of halogens is 2. The van der Waals surface area contributed by atoms with E-state index >= 15 is 4.39 Å². The van der Waals surface area contributed by atoms with Gasteiger partial charge in [0.1, 0.15) is 18.7 Å². The second kappa shape index (κ2) is 9.08. The molecule has 0 radical (unpaired) electrons. The van der Waals surface area contributed by atoms with Crippen LogP contribution < -0.4 is 4.73 Å². The highest BCUT2D eigenvalue weighted by molar-refractivity contribution is 6.31. The van der Waals surface area contributed by atoms with E-state index in [1.165, 1.54) is 29.6 Å². The highest BCUT2D eigenvalue weighted by Gasteiger charge is 2.32. The van der Waals surface area contributed by atoms with Crippen LogP contribution in [0.5, 0.6) is 0 Å². The summed E-state index contributed by atoms with van der Waals surface area (Å²) in [4.78, 5) is 8.13. The third-order valence-electron chi connectivity index (χ3n) is 6.31. The van der Waals surface area contributed by atoms with Crippen molar-refractivity contribution in [2.75, 3.05) is 0 Å². The Morgan fingerprint density at radius 3 is 2.64 bits per heavy atom. The van der Waals surface area contributed by atoms with E-state index in [4.69, 9.17) is 11.6 Å². The van der Waals surface area contributed by atoms with Crippen LogP contribution in [0.3, 0.4) is 0 Å². The summed E-state index contributed by atoms with van der Waals surface area (Å²) in [6, 6.07) is 6.17. The molecule has 1 aliphatic rings. The summed E-state index contributed by atoms with van der Waals surface area (Å²) in [5, 5.41) is 28.9. The molecule has 6 rings (SSSR count). The third kappa shape index (κ3) is 4.17. The van der Waals surface area contributed by atoms with Crippen molar-refractivity contribution >= 4 is 11.6 Å². The van der Waals surface area contributed by atoms with Crippen LogP contribution in [-0.4, -0.2) is 40.0 Å². The van der Waals surface area contributed by atoms with E-state index in [-0.39, 0.29) is 16.6 Å². The van der Waals surface area contributed by atoms with Gasteiger partial charge in [0.25, 0.3) is 0 Å². The largest absolute Gasteiger partial charge is 0.618 e. The van der Waals surface area contributed by atoms with Gasteiger partial charge in [0.15, 0.2) is 12.0 Å². The van der Waals surface area contributed by atoms with Crippen LogP contribution in [0, 0.1) is 16.9 Å². The minimum atomic E-state index is -0.659. The van der Waals surface area contributed by atoms with Crippen molar-refractivity contribution in [3.05, 3.63) is 89.6 Å². The molecule has 1 aliphatic carbocycles. The topological polar surface area (TPSA) is 114 Å². The summed E-state index contributed by atoms with van der Waals surface area (Å²) in [7, 11) is 0. The first-order valence-corrected chi connectivity index (χ1v) is 11.7. The van der Waals surface area contributed by atoms with Gasteiger partial charge in [0, 0.05) is 35.8 Å². The van der Waals surface area contributed by atoms with Crippen molar-refractivity contribution in [2.24, 2.45) is 5.92 Å². The second-order valence-corrected chi connectivity index (χ2v) is 9.12. The van der Waals surface area contributed by atoms with E-state index in [1.54, 1.807) is 41.5 Å². The van der Waals surface area contributed by atoms with Crippen LogP contribution in [0.1, 0.15) is 31.0 Å². The maximum Gasteiger partial charge on any atom is 0.217 e. The monoisotopic (exact) mass is 503 g/mol. The number of benzene rings is 1. The molecular formula is C24H19ClFN9O. The van der Waals surface area contributed by atoms with Gasteiger partial charge in [-0.15, -0.1) is 5.10 Å². The molecule has 1 aromatic carbocycles. The van der Waals surface area contributed by atoms with Gasteiger partial charge in [-0.2, -0.15) is 14.5 Å². The number of hydrogen-bond donors (Lipinski definition) is 0.